The first-order valence-electron chi connectivity index (χ1n) is 5.89. The largest absolute Gasteiger partial charge is 0.481 e. The number of aliphatic carboxylic acids is 1. The monoisotopic (exact) mass is 256 g/mol. The van der Waals surface area contributed by atoms with Crippen molar-refractivity contribution in [2.45, 2.75) is 6.42 Å². The van der Waals surface area contributed by atoms with E-state index in [0.29, 0.717) is 0 Å². The average molecular weight is 256 g/mol. The average Bonchev–Trinajstić information content (AvgIpc) is 2.39. The van der Waals surface area contributed by atoms with E-state index < -0.39 is 5.97 Å². The fraction of sp³-hybridized carbons (Fsp3) is 0.0625. The summed E-state index contributed by atoms with van der Waals surface area (Å²) < 4.78 is 13.2. The molecule has 0 aliphatic carbocycles. The maximum absolute atomic E-state index is 13.2. The molecule has 19 heavy (non-hydrogen) atoms. The Hall–Kier alpha value is -2.42. The number of benzene rings is 2. The molecule has 0 aliphatic rings. The molecule has 0 aromatic heterocycles. The molecule has 0 bridgehead atoms. The second-order valence-corrected chi connectivity index (χ2v) is 4.14. The van der Waals surface area contributed by atoms with Gasteiger partial charge in [0.05, 0.1) is 6.42 Å². The Morgan fingerprint density at radius 1 is 1.11 bits per heavy atom. The molecule has 0 saturated carbocycles. The highest BCUT2D eigenvalue weighted by Crippen LogP contribution is 2.21. The van der Waals surface area contributed by atoms with Crippen molar-refractivity contribution in [2.24, 2.45) is 0 Å². The third kappa shape index (κ3) is 3.78. The van der Waals surface area contributed by atoms with Gasteiger partial charge in [-0.05, 0) is 34.9 Å². The van der Waals surface area contributed by atoms with E-state index in [9.17, 15) is 9.18 Å². The van der Waals surface area contributed by atoms with E-state index in [1.807, 2.05) is 30.3 Å². The minimum atomic E-state index is -0.863. The predicted molar refractivity (Wildman–Crippen MR) is 73.1 cm³/mol. The maximum atomic E-state index is 13.2. The normalized spacial score (nSPS) is 10.8. The lowest BCUT2D eigenvalue weighted by Crippen LogP contribution is -1.89. The van der Waals surface area contributed by atoms with Gasteiger partial charge in [0.2, 0.25) is 0 Å². The van der Waals surface area contributed by atoms with Gasteiger partial charge in [0.25, 0.3) is 0 Å². The summed E-state index contributed by atoms with van der Waals surface area (Å²) in [5.74, 6) is -1.14. The summed E-state index contributed by atoms with van der Waals surface area (Å²) in [4.78, 5) is 10.4. The van der Waals surface area contributed by atoms with Crippen molar-refractivity contribution in [2.75, 3.05) is 0 Å². The second-order valence-electron chi connectivity index (χ2n) is 4.14. The number of hydrogen-bond donors (Lipinski definition) is 1. The summed E-state index contributed by atoms with van der Waals surface area (Å²) in [6.07, 6.45) is 3.33. The number of carboxylic acid groups (broad SMARTS) is 1. The van der Waals surface area contributed by atoms with Crippen molar-refractivity contribution in [1.82, 2.24) is 0 Å². The molecule has 0 saturated heterocycles. The van der Waals surface area contributed by atoms with Gasteiger partial charge in [-0.15, -0.1) is 0 Å². The van der Waals surface area contributed by atoms with Crippen LogP contribution in [0.5, 0.6) is 0 Å². The molecule has 3 heteroatoms. The first-order valence-corrected chi connectivity index (χ1v) is 5.89. The number of rotatable bonds is 4. The van der Waals surface area contributed by atoms with Crippen molar-refractivity contribution in [3.8, 4) is 11.1 Å². The van der Waals surface area contributed by atoms with Crippen molar-refractivity contribution in [3.63, 3.8) is 0 Å². The molecular weight excluding hydrogens is 243 g/mol. The Morgan fingerprint density at radius 2 is 1.79 bits per heavy atom. The minimum Gasteiger partial charge on any atom is -0.481 e. The van der Waals surface area contributed by atoms with Crippen LogP contribution in [0.3, 0.4) is 0 Å². The molecule has 0 heterocycles. The van der Waals surface area contributed by atoms with Crippen LogP contribution in [0.15, 0.2) is 54.6 Å². The van der Waals surface area contributed by atoms with Crippen molar-refractivity contribution < 1.29 is 14.3 Å². The zero-order valence-corrected chi connectivity index (χ0v) is 10.2. The van der Waals surface area contributed by atoms with Gasteiger partial charge in [0.15, 0.2) is 0 Å². The summed E-state index contributed by atoms with van der Waals surface area (Å²) in [6.45, 7) is 0. The Morgan fingerprint density at radius 3 is 2.47 bits per heavy atom. The summed E-state index contributed by atoms with van der Waals surface area (Å²) in [6, 6.07) is 13.9. The predicted octanol–water partition coefficient (Wildman–Crippen LogP) is 3.98. The Kier molecular flexibility index (Phi) is 4.08. The molecule has 2 rings (SSSR count). The van der Waals surface area contributed by atoms with Gasteiger partial charge in [0, 0.05) is 0 Å². The SMILES string of the molecule is O=C(O)C/C=C/c1cccc(-c2cccc(F)c2)c1. The molecule has 2 aromatic carbocycles. The van der Waals surface area contributed by atoms with Crippen molar-refractivity contribution in [1.29, 1.82) is 0 Å². The zero-order valence-electron chi connectivity index (χ0n) is 10.2. The molecule has 2 nitrogen and oxygen atoms in total. The molecule has 0 radical (unpaired) electrons. The van der Waals surface area contributed by atoms with Crippen LogP contribution in [0.2, 0.25) is 0 Å². The van der Waals surface area contributed by atoms with E-state index in [1.54, 1.807) is 18.2 Å². The number of carbonyl (C=O) groups is 1. The van der Waals surface area contributed by atoms with Crippen LogP contribution < -0.4 is 0 Å². The summed E-state index contributed by atoms with van der Waals surface area (Å²) in [7, 11) is 0. The van der Waals surface area contributed by atoms with Gasteiger partial charge >= 0.3 is 5.97 Å². The number of hydrogen-bond acceptors (Lipinski definition) is 1. The number of halogens is 1. The Bertz CT molecular complexity index is 618. The number of carboxylic acids is 1. The fourth-order valence-corrected chi connectivity index (χ4v) is 1.79. The molecule has 0 unspecified atom stereocenters. The van der Waals surface area contributed by atoms with Gasteiger partial charge in [-0.2, -0.15) is 0 Å². The van der Waals surface area contributed by atoms with Crippen LogP contribution in [0.4, 0.5) is 4.39 Å². The first kappa shape index (κ1) is 13.0. The standard InChI is InChI=1S/C16H13FO2/c17-15-8-3-7-14(11-15)13-6-1-4-12(10-13)5-2-9-16(18)19/h1-8,10-11H,9H2,(H,18,19)/b5-2+. The lowest BCUT2D eigenvalue weighted by molar-refractivity contribution is -0.135. The van der Waals surface area contributed by atoms with Gasteiger partial charge in [-0.1, -0.05) is 42.5 Å². The van der Waals surface area contributed by atoms with Crippen LogP contribution in [-0.2, 0) is 4.79 Å². The van der Waals surface area contributed by atoms with E-state index in [4.69, 9.17) is 5.11 Å². The second kappa shape index (κ2) is 5.96. The molecule has 0 spiro atoms. The van der Waals surface area contributed by atoms with Gasteiger partial charge in [-0.25, -0.2) is 4.39 Å². The molecule has 0 amide bonds. The summed E-state index contributed by atoms with van der Waals surface area (Å²) in [5.41, 5.74) is 2.59. The topological polar surface area (TPSA) is 37.3 Å². The molecule has 0 fully saturated rings. The molecule has 96 valence electrons. The van der Waals surface area contributed by atoms with Gasteiger partial charge < -0.3 is 5.11 Å². The lowest BCUT2D eigenvalue weighted by Gasteiger charge is -2.03. The highest BCUT2D eigenvalue weighted by atomic mass is 19.1. The highest BCUT2D eigenvalue weighted by molar-refractivity contribution is 5.71. The van der Waals surface area contributed by atoms with Crippen LogP contribution in [0, 0.1) is 5.82 Å². The van der Waals surface area contributed by atoms with E-state index >= 15 is 0 Å². The van der Waals surface area contributed by atoms with Gasteiger partial charge in [-0.3, -0.25) is 4.79 Å². The van der Waals surface area contributed by atoms with E-state index in [1.165, 1.54) is 12.1 Å². The van der Waals surface area contributed by atoms with Crippen LogP contribution in [0.25, 0.3) is 17.2 Å². The maximum Gasteiger partial charge on any atom is 0.307 e. The van der Waals surface area contributed by atoms with Crippen LogP contribution in [0.1, 0.15) is 12.0 Å². The smallest absolute Gasteiger partial charge is 0.307 e. The van der Waals surface area contributed by atoms with Crippen molar-refractivity contribution in [3.05, 3.63) is 66.0 Å². The van der Waals surface area contributed by atoms with E-state index in [0.717, 1.165) is 16.7 Å². The molecule has 0 aliphatic heterocycles. The fourth-order valence-electron chi connectivity index (χ4n) is 1.79. The van der Waals surface area contributed by atoms with Crippen molar-refractivity contribution >= 4 is 12.0 Å². The molecule has 2 aromatic rings. The van der Waals surface area contributed by atoms with E-state index in [-0.39, 0.29) is 12.2 Å². The zero-order chi connectivity index (χ0) is 13.7. The highest BCUT2D eigenvalue weighted by Gasteiger charge is 1.99. The third-order valence-corrected chi connectivity index (χ3v) is 2.65. The lowest BCUT2D eigenvalue weighted by atomic mass is 10.0. The summed E-state index contributed by atoms with van der Waals surface area (Å²) >= 11 is 0. The Labute approximate surface area is 110 Å². The Balaban J connectivity index is 2.24. The third-order valence-electron chi connectivity index (χ3n) is 2.65. The minimum absolute atomic E-state index is 0.00973. The molecule has 1 N–H and O–H groups in total. The molecule has 0 atom stereocenters. The van der Waals surface area contributed by atoms with Gasteiger partial charge in [0.1, 0.15) is 5.82 Å². The first-order chi connectivity index (χ1) is 9.15. The van der Waals surface area contributed by atoms with Crippen LogP contribution >= 0.6 is 0 Å². The summed E-state index contributed by atoms with van der Waals surface area (Å²) in [5, 5.41) is 8.56. The quantitative estimate of drug-likeness (QED) is 0.898. The van der Waals surface area contributed by atoms with E-state index in [2.05, 4.69) is 0 Å². The van der Waals surface area contributed by atoms with Crippen LogP contribution in [-0.4, -0.2) is 11.1 Å². The molecular formula is C16H13FO2.